The predicted octanol–water partition coefficient (Wildman–Crippen LogP) is 2.70. The van der Waals surface area contributed by atoms with E-state index in [1.165, 1.54) is 11.8 Å². The second kappa shape index (κ2) is 7.77. The van der Waals surface area contributed by atoms with E-state index in [0.29, 0.717) is 11.3 Å². The van der Waals surface area contributed by atoms with Gasteiger partial charge in [-0.2, -0.15) is 5.26 Å². The quantitative estimate of drug-likeness (QED) is 0.858. The summed E-state index contributed by atoms with van der Waals surface area (Å²) in [6, 6.07) is 9.23. The highest BCUT2D eigenvalue weighted by Crippen LogP contribution is 2.23. The van der Waals surface area contributed by atoms with Crippen LogP contribution in [0.3, 0.4) is 0 Å². The van der Waals surface area contributed by atoms with Gasteiger partial charge in [0.1, 0.15) is 12.6 Å². The van der Waals surface area contributed by atoms with Crippen molar-refractivity contribution < 1.29 is 9.59 Å². The molecule has 122 valence electrons. The zero-order chi connectivity index (χ0) is 16.8. The van der Waals surface area contributed by atoms with E-state index in [4.69, 9.17) is 0 Å². The number of hydrogen-bond donors (Lipinski definition) is 0. The maximum absolute atomic E-state index is 12.7. The Balaban J connectivity index is 2.21. The minimum atomic E-state index is -0.230. The number of nitriles is 1. The number of carbonyl (C=O) groups is 2. The van der Waals surface area contributed by atoms with Crippen molar-refractivity contribution in [3.8, 4) is 6.07 Å². The van der Waals surface area contributed by atoms with Crippen LogP contribution in [0.15, 0.2) is 24.3 Å². The summed E-state index contributed by atoms with van der Waals surface area (Å²) in [5, 5.41) is 9.23. The molecule has 1 atom stereocenters. The number of nitrogens with zero attached hydrogens (tertiary/aromatic N) is 3. The van der Waals surface area contributed by atoms with E-state index in [2.05, 4.69) is 13.0 Å². The van der Waals surface area contributed by atoms with E-state index in [9.17, 15) is 14.9 Å². The van der Waals surface area contributed by atoms with Crippen LogP contribution in [0.4, 0.5) is 5.69 Å². The van der Waals surface area contributed by atoms with Crippen LogP contribution in [0.1, 0.15) is 45.1 Å². The Labute approximate surface area is 137 Å². The van der Waals surface area contributed by atoms with Gasteiger partial charge >= 0.3 is 0 Å². The molecule has 0 N–H and O–H groups in total. The van der Waals surface area contributed by atoms with Gasteiger partial charge in [-0.15, -0.1) is 0 Å². The summed E-state index contributed by atoms with van der Waals surface area (Å²) in [6.07, 6.45) is 4.12. The largest absolute Gasteiger partial charge is 0.338 e. The normalized spacial score (nSPS) is 17.4. The number of amides is 2. The molecule has 5 nitrogen and oxygen atoms in total. The van der Waals surface area contributed by atoms with Crippen LogP contribution < -0.4 is 4.90 Å². The minimum Gasteiger partial charge on any atom is -0.338 e. The molecule has 2 rings (SSSR count). The average molecular weight is 313 g/mol. The standard InChI is InChI=1S/C18H23N3O2/c1-3-16-9-6-7-11-20(16)18(23)13-21(14(2)22)17-10-5-4-8-15(17)12-19/h4-5,8,10,16H,3,6-7,9,11,13H2,1-2H3. The fraction of sp³-hybridized carbons (Fsp3) is 0.500. The molecular formula is C18H23N3O2. The monoisotopic (exact) mass is 313 g/mol. The van der Waals surface area contributed by atoms with Gasteiger partial charge in [0, 0.05) is 19.5 Å². The Hall–Kier alpha value is -2.35. The summed E-state index contributed by atoms with van der Waals surface area (Å²) in [5.74, 6) is -0.273. The van der Waals surface area contributed by atoms with E-state index in [1.807, 2.05) is 4.90 Å². The first kappa shape index (κ1) is 17.0. The molecule has 0 saturated carbocycles. The zero-order valence-corrected chi connectivity index (χ0v) is 13.8. The third-order valence-electron chi connectivity index (χ3n) is 4.41. The van der Waals surface area contributed by atoms with Gasteiger partial charge in [0.25, 0.3) is 0 Å². The number of benzene rings is 1. The summed E-state index contributed by atoms with van der Waals surface area (Å²) < 4.78 is 0. The molecule has 23 heavy (non-hydrogen) atoms. The first-order valence-corrected chi connectivity index (χ1v) is 8.15. The lowest BCUT2D eigenvalue weighted by Gasteiger charge is -2.36. The van der Waals surface area contributed by atoms with E-state index in [0.717, 1.165) is 32.2 Å². The van der Waals surface area contributed by atoms with Crippen molar-refractivity contribution in [1.29, 1.82) is 5.26 Å². The first-order chi connectivity index (χ1) is 11.1. The molecule has 0 aliphatic carbocycles. The van der Waals surface area contributed by atoms with Crippen molar-refractivity contribution in [2.24, 2.45) is 0 Å². The van der Waals surface area contributed by atoms with Crippen molar-refractivity contribution in [3.63, 3.8) is 0 Å². The summed E-state index contributed by atoms with van der Waals surface area (Å²) in [5.41, 5.74) is 0.905. The number of hydrogen-bond acceptors (Lipinski definition) is 3. The number of carbonyl (C=O) groups excluding carboxylic acids is 2. The molecule has 1 aliphatic rings. The molecule has 0 aromatic heterocycles. The van der Waals surface area contributed by atoms with Crippen molar-refractivity contribution in [1.82, 2.24) is 4.90 Å². The molecule has 5 heteroatoms. The second-order valence-electron chi connectivity index (χ2n) is 5.88. The molecule has 1 fully saturated rings. The third-order valence-corrected chi connectivity index (χ3v) is 4.41. The van der Waals surface area contributed by atoms with Crippen LogP contribution in [0, 0.1) is 11.3 Å². The lowest BCUT2D eigenvalue weighted by atomic mass is 10.00. The molecule has 0 spiro atoms. The molecule has 1 aromatic carbocycles. The van der Waals surface area contributed by atoms with Gasteiger partial charge in [0.15, 0.2) is 0 Å². The van der Waals surface area contributed by atoms with Crippen LogP contribution in [0.2, 0.25) is 0 Å². The molecule has 0 bridgehead atoms. The highest BCUT2D eigenvalue weighted by molar-refractivity contribution is 5.98. The van der Waals surface area contributed by atoms with Crippen LogP contribution in [-0.4, -0.2) is 35.8 Å². The second-order valence-corrected chi connectivity index (χ2v) is 5.88. The van der Waals surface area contributed by atoms with Crippen LogP contribution in [0.25, 0.3) is 0 Å². The lowest BCUT2D eigenvalue weighted by Crippen LogP contribution is -2.48. The first-order valence-electron chi connectivity index (χ1n) is 8.15. The van der Waals surface area contributed by atoms with Gasteiger partial charge in [-0.05, 0) is 37.8 Å². The van der Waals surface area contributed by atoms with Crippen molar-refractivity contribution in [3.05, 3.63) is 29.8 Å². The number of anilines is 1. The smallest absolute Gasteiger partial charge is 0.242 e. The zero-order valence-electron chi connectivity index (χ0n) is 13.8. The Kier molecular flexibility index (Phi) is 5.75. The van der Waals surface area contributed by atoms with Crippen molar-refractivity contribution in [2.45, 2.75) is 45.6 Å². The molecule has 1 saturated heterocycles. The number of piperidine rings is 1. The van der Waals surface area contributed by atoms with Gasteiger partial charge in [0.05, 0.1) is 11.3 Å². The summed E-state index contributed by atoms with van der Waals surface area (Å²) in [7, 11) is 0. The number of rotatable bonds is 4. The van der Waals surface area contributed by atoms with Crippen molar-refractivity contribution >= 4 is 17.5 Å². The Morgan fingerprint density at radius 3 is 2.74 bits per heavy atom. The number of likely N-dealkylation sites (tertiary alicyclic amines) is 1. The summed E-state index contributed by atoms with van der Waals surface area (Å²) in [4.78, 5) is 28.0. The Morgan fingerprint density at radius 1 is 1.35 bits per heavy atom. The highest BCUT2D eigenvalue weighted by atomic mass is 16.2. The highest BCUT2D eigenvalue weighted by Gasteiger charge is 2.28. The van der Waals surface area contributed by atoms with Crippen LogP contribution >= 0.6 is 0 Å². The molecule has 1 aliphatic heterocycles. The van der Waals surface area contributed by atoms with Crippen LogP contribution in [-0.2, 0) is 9.59 Å². The maximum atomic E-state index is 12.7. The average Bonchev–Trinajstić information content (AvgIpc) is 2.59. The van der Waals surface area contributed by atoms with Gasteiger partial charge in [0.2, 0.25) is 11.8 Å². The minimum absolute atomic E-state index is 0.00940. The van der Waals surface area contributed by atoms with E-state index in [1.54, 1.807) is 24.3 Å². The summed E-state index contributed by atoms with van der Waals surface area (Å²) >= 11 is 0. The van der Waals surface area contributed by atoms with E-state index in [-0.39, 0.29) is 24.4 Å². The fourth-order valence-electron chi connectivity index (χ4n) is 3.15. The fourth-order valence-corrected chi connectivity index (χ4v) is 3.15. The van der Waals surface area contributed by atoms with E-state index < -0.39 is 0 Å². The van der Waals surface area contributed by atoms with Crippen LogP contribution in [0.5, 0.6) is 0 Å². The molecule has 1 aromatic rings. The predicted molar refractivity (Wildman–Crippen MR) is 88.8 cm³/mol. The summed E-state index contributed by atoms with van der Waals surface area (Å²) in [6.45, 7) is 4.26. The van der Waals surface area contributed by atoms with Gasteiger partial charge < -0.3 is 9.80 Å². The van der Waals surface area contributed by atoms with Crippen molar-refractivity contribution in [2.75, 3.05) is 18.0 Å². The molecular weight excluding hydrogens is 290 g/mol. The van der Waals surface area contributed by atoms with Gasteiger partial charge in [-0.3, -0.25) is 9.59 Å². The Morgan fingerprint density at radius 2 is 2.09 bits per heavy atom. The lowest BCUT2D eigenvalue weighted by molar-refractivity contribution is -0.134. The van der Waals surface area contributed by atoms with Gasteiger partial charge in [-0.1, -0.05) is 19.1 Å². The Bertz CT molecular complexity index is 621. The van der Waals surface area contributed by atoms with Gasteiger partial charge in [-0.25, -0.2) is 0 Å². The molecule has 1 heterocycles. The topological polar surface area (TPSA) is 64.4 Å². The molecule has 1 unspecified atom stereocenters. The van der Waals surface area contributed by atoms with E-state index >= 15 is 0 Å². The number of para-hydroxylation sites is 1. The SMILES string of the molecule is CCC1CCCCN1C(=O)CN(C(C)=O)c1ccccc1C#N. The molecule has 0 radical (unpaired) electrons. The third kappa shape index (κ3) is 3.89. The maximum Gasteiger partial charge on any atom is 0.242 e. The molecule has 2 amide bonds.